The summed E-state index contributed by atoms with van der Waals surface area (Å²) in [4.78, 5) is 11.9. The van der Waals surface area contributed by atoms with Gasteiger partial charge < -0.3 is 15.4 Å². The maximum absolute atomic E-state index is 11.9. The number of hydrogen-bond acceptors (Lipinski definition) is 3. The minimum atomic E-state index is 0.0884. The number of para-hydroxylation sites is 1. The van der Waals surface area contributed by atoms with Crippen molar-refractivity contribution < 1.29 is 9.53 Å². The Labute approximate surface area is 108 Å². The fourth-order valence-corrected chi connectivity index (χ4v) is 1.94. The highest BCUT2D eigenvalue weighted by molar-refractivity contribution is 5.91. The van der Waals surface area contributed by atoms with Gasteiger partial charge in [0, 0.05) is 24.3 Å². The number of nitrogens with one attached hydrogen (secondary N) is 2. The number of anilines is 1. The van der Waals surface area contributed by atoms with Gasteiger partial charge in [-0.15, -0.1) is 0 Å². The van der Waals surface area contributed by atoms with Gasteiger partial charge >= 0.3 is 0 Å². The van der Waals surface area contributed by atoms with Gasteiger partial charge in [0.05, 0.1) is 6.61 Å². The molecule has 98 valence electrons. The first kappa shape index (κ1) is 13.1. The van der Waals surface area contributed by atoms with Gasteiger partial charge in [-0.05, 0) is 32.0 Å². The zero-order valence-electron chi connectivity index (χ0n) is 10.7. The van der Waals surface area contributed by atoms with E-state index in [2.05, 4.69) is 10.6 Å². The minimum absolute atomic E-state index is 0.0884. The van der Waals surface area contributed by atoms with Gasteiger partial charge in [-0.1, -0.05) is 18.2 Å². The molecule has 1 amide bonds. The van der Waals surface area contributed by atoms with E-state index in [1.54, 1.807) is 0 Å². The number of hydrogen-bond donors (Lipinski definition) is 2. The molecule has 0 saturated carbocycles. The van der Waals surface area contributed by atoms with Crippen molar-refractivity contribution in [3.05, 3.63) is 29.8 Å². The molecule has 1 fully saturated rings. The molecule has 2 rings (SSSR count). The molecule has 18 heavy (non-hydrogen) atoms. The Kier molecular flexibility index (Phi) is 4.73. The standard InChI is InChI=1S/C14H20N2O2/c1-2-18-10-12-5-3-4-6-13(12)16-14(17)7-11-8-15-9-11/h3-6,11,15H,2,7-10H2,1H3,(H,16,17). The second kappa shape index (κ2) is 6.52. The molecule has 4 heteroatoms. The van der Waals surface area contributed by atoms with Crippen molar-refractivity contribution in [1.82, 2.24) is 5.32 Å². The van der Waals surface area contributed by atoms with Crippen molar-refractivity contribution >= 4 is 11.6 Å². The van der Waals surface area contributed by atoms with E-state index < -0.39 is 0 Å². The first-order chi connectivity index (χ1) is 8.79. The molecule has 0 aromatic heterocycles. The third-order valence-corrected chi connectivity index (χ3v) is 3.09. The molecule has 0 bridgehead atoms. The summed E-state index contributed by atoms with van der Waals surface area (Å²) >= 11 is 0. The molecule has 1 aromatic carbocycles. The molecule has 4 nitrogen and oxygen atoms in total. The molecule has 2 N–H and O–H groups in total. The smallest absolute Gasteiger partial charge is 0.224 e. The van der Waals surface area contributed by atoms with E-state index in [0.29, 0.717) is 25.6 Å². The van der Waals surface area contributed by atoms with Crippen molar-refractivity contribution in [2.24, 2.45) is 5.92 Å². The molecule has 1 aliphatic heterocycles. The van der Waals surface area contributed by atoms with Crippen LogP contribution in [0.2, 0.25) is 0 Å². The van der Waals surface area contributed by atoms with Gasteiger partial charge in [0.25, 0.3) is 0 Å². The summed E-state index contributed by atoms with van der Waals surface area (Å²) in [6.07, 6.45) is 0.593. The number of carbonyl (C=O) groups excluding carboxylic acids is 1. The third-order valence-electron chi connectivity index (χ3n) is 3.09. The van der Waals surface area contributed by atoms with E-state index in [0.717, 1.165) is 24.3 Å². The van der Waals surface area contributed by atoms with Gasteiger partial charge in [0.1, 0.15) is 0 Å². The van der Waals surface area contributed by atoms with Crippen LogP contribution < -0.4 is 10.6 Å². The molecule has 1 aliphatic rings. The fraction of sp³-hybridized carbons (Fsp3) is 0.500. The molecular weight excluding hydrogens is 228 g/mol. The minimum Gasteiger partial charge on any atom is -0.377 e. The zero-order valence-corrected chi connectivity index (χ0v) is 10.7. The highest BCUT2D eigenvalue weighted by Crippen LogP contribution is 2.17. The predicted molar refractivity (Wildman–Crippen MR) is 71.4 cm³/mol. The van der Waals surface area contributed by atoms with Crippen molar-refractivity contribution in [3.8, 4) is 0 Å². The molecule has 0 atom stereocenters. The second-order valence-electron chi connectivity index (χ2n) is 4.57. The summed E-state index contributed by atoms with van der Waals surface area (Å²) in [6.45, 7) is 5.08. The van der Waals surface area contributed by atoms with Gasteiger partial charge in [-0.2, -0.15) is 0 Å². The monoisotopic (exact) mass is 248 g/mol. The molecular formula is C14H20N2O2. The van der Waals surface area contributed by atoms with Gasteiger partial charge in [0.15, 0.2) is 0 Å². The Morgan fingerprint density at radius 1 is 1.44 bits per heavy atom. The van der Waals surface area contributed by atoms with E-state index in [-0.39, 0.29) is 5.91 Å². The summed E-state index contributed by atoms with van der Waals surface area (Å²) in [5.41, 5.74) is 1.89. The van der Waals surface area contributed by atoms with Crippen LogP contribution in [0.5, 0.6) is 0 Å². The van der Waals surface area contributed by atoms with Crippen LogP contribution in [-0.2, 0) is 16.1 Å². The average Bonchev–Trinajstić information content (AvgIpc) is 2.33. The lowest BCUT2D eigenvalue weighted by Gasteiger charge is -2.26. The molecule has 1 saturated heterocycles. The second-order valence-corrected chi connectivity index (χ2v) is 4.57. The highest BCUT2D eigenvalue weighted by Gasteiger charge is 2.20. The van der Waals surface area contributed by atoms with Crippen LogP contribution in [-0.4, -0.2) is 25.6 Å². The van der Waals surface area contributed by atoms with E-state index in [1.165, 1.54) is 0 Å². The van der Waals surface area contributed by atoms with Crippen LogP contribution in [0.1, 0.15) is 18.9 Å². The van der Waals surface area contributed by atoms with Crippen molar-refractivity contribution in [2.45, 2.75) is 20.0 Å². The lowest BCUT2D eigenvalue weighted by molar-refractivity contribution is -0.117. The van der Waals surface area contributed by atoms with Crippen LogP contribution in [0.4, 0.5) is 5.69 Å². The molecule has 0 radical (unpaired) electrons. The molecule has 0 unspecified atom stereocenters. The van der Waals surface area contributed by atoms with Crippen LogP contribution in [0.3, 0.4) is 0 Å². The fourth-order valence-electron chi connectivity index (χ4n) is 1.94. The Morgan fingerprint density at radius 2 is 2.22 bits per heavy atom. The third kappa shape index (κ3) is 3.55. The lowest BCUT2D eigenvalue weighted by atomic mass is 9.99. The Balaban J connectivity index is 1.92. The number of ether oxygens (including phenoxy) is 1. The molecule has 0 aliphatic carbocycles. The highest BCUT2D eigenvalue weighted by atomic mass is 16.5. The Morgan fingerprint density at radius 3 is 2.89 bits per heavy atom. The molecule has 1 heterocycles. The maximum atomic E-state index is 11.9. The van der Waals surface area contributed by atoms with Gasteiger partial charge in [-0.3, -0.25) is 4.79 Å². The van der Waals surface area contributed by atoms with Crippen molar-refractivity contribution in [1.29, 1.82) is 0 Å². The first-order valence-electron chi connectivity index (χ1n) is 6.45. The summed E-state index contributed by atoms with van der Waals surface area (Å²) in [6, 6.07) is 7.79. The van der Waals surface area contributed by atoms with Crippen LogP contribution in [0, 0.1) is 5.92 Å². The normalized spacial score (nSPS) is 15.2. The molecule has 1 aromatic rings. The van der Waals surface area contributed by atoms with E-state index in [4.69, 9.17) is 4.74 Å². The SMILES string of the molecule is CCOCc1ccccc1NC(=O)CC1CNC1. The van der Waals surface area contributed by atoms with Crippen molar-refractivity contribution in [2.75, 3.05) is 25.0 Å². The largest absolute Gasteiger partial charge is 0.377 e. The number of rotatable bonds is 6. The van der Waals surface area contributed by atoms with Gasteiger partial charge in [0.2, 0.25) is 5.91 Å². The maximum Gasteiger partial charge on any atom is 0.224 e. The number of benzene rings is 1. The number of amides is 1. The van der Waals surface area contributed by atoms with E-state index in [1.807, 2.05) is 31.2 Å². The number of carbonyl (C=O) groups is 1. The summed E-state index contributed by atoms with van der Waals surface area (Å²) in [7, 11) is 0. The Bertz CT molecular complexity index is 403. The van der Waals surface area contributed by atoms with Gasteiger partial charge in [-0.25, -0.2) is 0 Å². The average molecular weight is 248 g/mol. The first-order valence-corrected chi connectivity index (χ1v) is 6.45. The van der Waals surface area contributed by atoms with E-state index in [9.17, 15) is 4.79 Å². The van der Waals surface area contributed by atoms with E-state index >= 15 is 0 Å². The summed E-state index contributed by atoms with van der Waals surface area (Å²) in [5, 5.41) is 6.14. The summed E-state index contributed by atoms with van der Waals surface area (Å²) < 4.78 is 5.39. The Hall–Kier alpha value is -1.39. The zero-order chi connectivity index (χ0) is 12.8. The topological polar surface area (TPSA) is 50.4 Å². The predicted octanol–water partition coefficient (Wildman–Crippen LogP) is 1.77. The lowest BCUT2D eigenvalue weighted by Crippen LogP contribution is -2.43. The molecule has 0 spiro atoms. The summed E-state index contributed by atoms with van der Waals surface area (Å²) in [5.74, 6) is 0.578. The van der Waals surface area contributed by atoms with Crippen molar-refractivity contribution in [3.63, 3.8) is 0 Å². The quantitative estimate of drug-likeness (QED) is 0.806. The van der Waals surface area contributed by atoms with Crippen LogP contribution >= 0.6 is 0 Å². The van der Waals surface area contributed by atoms with Crippen LogP contribution in [0.15, 0.2) is 24.3 Å². The van der Waals surface area contributed by atoms with Crippen LogP contribution in [0.25, 0.3) is 0 Å².